The zero-order chi connectivity index (χ0) is 11.9. The van der Waals surface area contributed by atoms with Crippen molar-refractivity contribution in [3.05, 3.63) is 0 Å². The Morgan fingerprint density at radius 2 is 2.06 bits per heavy atom. The third-order valence-corrected chi connectivity index (χ3v) is 4.12. The smallest absolute Gasteiger partial charge is 0.0594 e. The summed E-state index contributed by atoms with van der Waals surface area (Å²) in [6.45, 7) is 8.91. The number of nitrogens with one attached hydrogen (secondary N) is 1. The first-order valence-electron chi connectivity index (χ1n) is 7.38. The monoisotopic (exact) mass is 240 g/mol. The number of ether oxygens (including phenoxy) is 1. The molecule has 2 atom stereocenters. The number of morpholine rings is 1. The van der Waals surface area contributed by atoms with Crippen LogP contribution >= 0.6 is 0 Å². The van der Waals surface area contributed by atoms with E-state index in [2.05, 4.69) is 17.1 Å². The van der Waals surface area contributed by atoms with Gasteiger partial charge < -0.3 is 10.1 Å². The maximum absolute atomic E-state index is 5.36. The highest BCUT2D eigenvalue weighted by atomic mass is 16.5. The maximum Gasteiger partial charge on any atom is 0.0594 e. The van der Waals surface area contributed by atoms with Gasteiger partial charge in [-0.3, -0.25) is 4.90 Å². The van der Waals surface area contributed by atoms with Crippen molar-refractivity contribution in [1.29, 1.82) is 0 Å². The topological polar surface area (TPSA) is 24.5 Å². The summed E-state index contributed by atoms with van der Waals surface area (Å²) in [5.41, 5.74) is 0. The van der Waals surface area contributed by atoms with E-state index in [9.17, 15) is 0 Å². The Kier molecular flexibility index (Phi) is 5.75. The Morgan fingerprint density at radius 1 is 1.24 bits per heavy atom. The van der Waals surface area contributed by atoms with Crippen LogP contribution < -0.4 is 5.32 Å². The number of nitrogens with zero attached hydrogens (tertiary/aromatic N) is 1. The van der Waals surface area contributed by atoms with Gasteiger partial charge in [0, 0.05) is 19.1 Å². The van der Waals surface area contributed by atoms with E-state index in [-0.39, 0.29) is 0 Å². The highest BCUT2D eigenvalue weighted by molar-refractivity contribution is 4.75. The van der Waals surface area contributed by atoms with Crippen molar-refractivity contribution in [3.8, 4) is 0 Å². The van der Waals surface area contributed by atoms with E-state index >= 15 is 0 Å². The summed E-state index contributed by atoms with van der Waals surface area (Å²) in [6.07, 6.45) is 6.92. The van der Waals surface area contributed by atoms with E-state index < -0.39 is 0 Å². The summed E-state index contributed by atoms with van der Waals surface area (Å²) in [6, 6.07) is 0.795. The standard InChI is InChI=1S/C14H28N2O/c1-13-4-2-5-14(12-13)15-6-3-7-16-8-10-17-11-9-16/h13-15H,2-12H2,1H3/t13-,14-/m0/s1. The molecule has 2 fully saturated rings. The zero-order valence-electron chi connectivity index (χ0n) is 11.3. The van der Waals surface area contributed by atoms with E-state index in [4.69, 9.17) is 4.74 Å². The SMILES string of the molecule is C[C@H]1CCC[C@H](NCCCN2CCOCC2)C1. The first-order chi connectivity index (χ1) is 8.34. The Labute approximate surface area is 106 Å². The molecule has 0 unspecified atom stereocenters. The van der Waals surface area contributed by atoms with E-state index in [1.807, 2.05) is 0 Å². The van der Waals surface area contributed by atoms with Crippen LogP contribution in [0, 0.1) is 5.92 Å². The number of hydrogen-bond donors (Lipinski definition) is 1. The molecule has 1 N–H and O–H groups in total. The molecule has 1 heterocycles. The second kappa shape index (κ2) is 7.34. The summed E-state index contributed by atoms with van der Waals surface area (Å²) >= 11 is 0. The van der Waals surface area contributed by atoms with Crippen LogP contribution in [0.2, 0.25) is 0 Å². The minimum Gasteiger partial charge on any atom is -0.379 e. The van der Waals surface area contributed by atoms with Crippen molar-refractivity contribution in [2.24, 2.45) is 5.92 Å². The van der Waals surface area contributed by atoms with Crippen LogP contribution in [0.25, 0.3) is 0 Å². The van der Waals surface area contributed by atoms with Crippen LogP contribution in [0.4, 0.5) is 0 Å². The molecule has 1 aliphatic carbocycles. The molecule has 0 radical (unpaired) electrons. The average molecular weight is 240 g/mol. The molecule has 0 aromatic carbocycles. The lowest BCUT2D eigenvalue weighted by atomic mass is 9.87. The number of rotatable bonds is 5. The fourth-order valence-corrected chi connectivity index (χ4v) is 3.05. The van der Waals surface area contributed by atoms with Crippen molar-refractivity contribution in [1.82, 2.24) is 10.2 Å². The summed E-state index contributed by atoms with van der Waals surface area (Å²) in [7, 11) is 0. The average Bonchev–Trinajstić information content (AvgIpc) is 2.36. The fraction of sp³-hybridized carbons (Fsp3) is 1.00. The van der Waals surface area contributed by atoms with Gasteiger partial charge in [0.2, 0.25) is 0 Å². The van der Waals surface area contributed by atoms with Crippen LogP contribution in [0.1, 0.15) is 39.0 Å². The van der Waals surface area contributed by atoms with Crippen LogP contribution in [-0.2, 0) is 4.74 Å². The first-order valence-corrected chi connectivity index (χ1v) is 7.38. The lowest BCUT2D eigenvalue weighted by Crippen LogP contribution is -2.39. The predicted molar refractivity (Wildman–Crippen MR) is 71.3 cm³/mol. The van der Waals surface area contributed by atoms with Crippen molar-refractivity contribution in [2.75, 3.05) is 39.4 Å². The van der Waals surface area contributed by atoms with Gasteiger partial charge in [-0.15, -0.1) is 0 Å². The van der Waals surface area contributed by atoms with Gasteiger partial charge in [0.25, 0.3) is 0 Å². The molecular formula is C14H28N2O. The van der Waals surface area contributed by atoms with Crippen molar-refractivity contribution in [3.63, 3.8) is 0 Å². The van der Waals surface area contributed by atoms with E-state index in [1.54, 1.807) is 0 Å². The number of hydrogen-bond acceptors (Lipinski definition) is 3. The van der Waals surface area contributed by atoms with Crippen LogP contribution in [0.5, 0.6) is 0 Å². The molecule has 0 spiro atoms. The molecule has 0 amide bonds. The quantitative estimate of drug-likeness (QED) is 0.743. The molecule has 1 saturated heterocycles. The fourth-order valence-electron chi connectivity index (χ4n) is 3.05. The van der Waals surface area contributed by atoms with E-state index in [1.165, 1.54) is 45.2 Å². The molecule has 17 heavy (non-hydrogen) atoms. The molecule has 3 nitrogen and oxygen atoms in total. The van der Waals surface area contributed by atoms with Gasteiger partial charge in [-0.25, -0.2) is 0 Å². The van der Waals surface area contributed by atoms with E-state index in [0.29, 0.717) is 0 Å². The second-order valence-electron chi connectivity index (χ2n) is 5.73. The third-order valence-electron chi connectivity index (χ3n) is 4.12. The Morgan fingerprint density at radius 3 is 2.82 bits per heavy atom. The third kappa shape index (κ3) is 4.94. The van der Waals surface area contributed by atoms with Gasteiger partial charge in [-0.1, -0.05) is 19.8 Å². The molecule has 2 rings (SSSR count). The van der Waals surface area contributed by atoms with Crippen LogP contribution in [0.15, 0.2) is 0 Å². The molecule has 100 valence electrons. The molecule has 0 aromatic rings. The van der Waals surface area contributed by atoms with Gasteiger partial charge in [0.1, 0.15) is 0 Å². The van der Waals surface area contributed by atoms with Gasteiger partial charge in [0.15, 0.2) is 0 Å². The lowest BCUT2D eigenvalue weighted by molar-refractivity contribution is 0.0373. The Balaban J connectivity index is 1.50. The van der Waals surface area contributed by atoms with Gasteiger partial charge in [-0.05, 0) is 38.3 Å². The molecule has 1 aliphatic heterocycles. The van der Waals surface area contributed by atoms with Gasteiger partial charge in [-0.2, -0.15) is 0 Å². The summed E-state index contributed by atoms with van der Waals surface area (Å²) in [4.78, 5) is 2.52. The predicted octanol–water partition coefficient (Wildman–Crippen LogP) is 1.88. The van der Waals surface area contributed by atoms with Crippen molar-refractivity contribution in [2.45, 2.75) is 45.1 Å². The Bertz CT molecular complexity index is 204. The lowest BCUT2D eigenvalue weighted by Gasteiger charge is -2.29. The highest BCUT2D eigenvalue weighted by Gasteiger charge is 2.18. The molecular weight excluding hydrogens is 212 g/mol. The maximum atomic E-state index is 5.36. The normalized spacial score (nSPS) is 31.6. The minimum absolute atomic E-state index is 0.795. The van der Waals surface area contributed by atoms with Crippen molar-refractivity contribution < 1.29 is 4.74 Å². The molecule has 1 saturated carbocycles. The van der Waals surface area contributed by atoms with Crippen LogP contribution in [-0.4, -0.2) is 50.3 Å². The largest absolute Gasteiger partial charge is 0.379 e. The summed E-state index contributed by atoms with van der Waals surface area (Å²) in [5.74, 6) is 0.931. The molecule has 3 heteroatoms. The second-order valence-corrected chi connectivity index (χ2v) is 5.73. The molecule has 0 aromatic heterocycles. The van der Waals surface area contributed by atoms with Crippen LogP contribution in [0.3, 0.4) is 0 Å². The van der Waals surface area contributed by atoms with Gasteiger partial charge >= 0.3 is 0 Å². The first kappa shape index (κ1) is 13.3. The summed E-state index contributed by atoms with van der Waals surface area (Å²) in [5, 5.41) is 3.73. The van der Waals surface area contributed by atoms with Crippen molar-refractivity contribution >= 4 is 0 Å². The molecule has 0 bridgehead atoms. The minimum atomic E-state index is 0.795. The summed E-state index contributed by atoms with van der Waals surface area (Å²) < 4.78 is 5.36. The highest BCUT2D eigenvalue weighted by Crippen LogP contribution is 2.23. The van der Waals surface area contributed by atoms with Gasteiger partial charge in [0.05, 0.1) is 13.2 Å². The molecule has 2 aliphatic rings. The zero-order valence-corrected chi connectivity index (χ0v) is 11.3. The van der Waals surface area contributed by atoms with E-state index in [0.717, 1.165) is 38.3 Å². The Hall–Kier alpha value is -0.120.